The van der Waals surface area contributed by atoms with Crippen molar-refractivity contribution in [2.24, 2.45) is 16.7 Å². The van der Waals surface area contributed by atoms with Gasteiger partial charge < -0.3 is 19.8 Å². The van der Waals surface area contributed by atoms with Gasteiger partial charge in [-0.25, -0.2) is 9.07 Å². The minimum atomic E-state index is -1.17. The van der Waals surface area contributed by atoms with Crippen molar-refractivity contribution < 1.29 is 28.9 Å². The summed E-state index contributed by atoms with van der Waals surface area (Å²) in [6.07, 6.45) is 6.96. The van der Waals surface area contributed by atoms with Gasteiger partial charge in [0.25, 0.3) is 0 Å². The highest BCUT2D eigenvalue weighted by atomic mass is 35.5. The van der Waals surface area contributed by atoms with Crippen LogP contribution in [-0.4, -0.2) is 72.7 Å². The van der Waals surface area contributed by atoms with E-state index < -0.39 is 35.4 Å². The van der Waals surface area contributed by atoms with Crippen LogP contribution in [0.3, 0.4) is 0 Å². The van der Waals surface area contributed by atoms with Crippen LogP contribution in [0.4, 0.5) is 4.39 Å². The van der Waals surface area contributed by atoms with Gasteiger partial charge in [-0.2, -0.15) is 0 Å². The number of carbonyl (C=O) groups is 2. The molecule has 0 radical (unpaired) electrons. The monoisotopic (exact) mass is 615 g/mol. The number of hydrogen-bond donors (Lipinski definition) is 2. The van der Waals surface area contributed by atoms with E-state index >= 15 is 4.39 Å². The van der Waals surface area contributed by atoms with Gasteiger partial charge in [-0.05, 0) is 81.8 Å². The van der Waals surface area contributed by atoms with Crippen molar-refractivity contribution in [3.8, 4) is 5.75 Å². The Morgan fingerprint density at radius 1 is 1.19 bits per heavy atom. The van der Waals surface area contributed by atoms with Gasteiger partial charge in [0.15, 0.2) is 11.6 Å². The van der Waals surface area contributed by atoms with Gasteiger partial charge in [0.2, 0.25) is 5.91 Å². The van der Waals surface area contributed by atoms with Crippen LogP contribution in [-0.2, 0) is 35.6 Å². The number of nitrogens with zero attached hydrogens (tertiary/aromatic N) is 5. The molecule has 1 unspecified atom stereocenters. The summed E-state index contributed by atoms with van der Waals surface area (Å²) in [4.78, 5) is 30.3. The van der Waals surface area contributed by atoms with E-state index in [-0.39, 0.29) is 35.2 Å². The number of benzene rings is 1. The van der Waals surface area contributed by atoms with Crippen LogP contribution in [0.1, 0.15) is 86.8 Å². The highest BCUT2D eigenvalue weighted by Gasteiger charge is 2.54. The predicted molar refractivity (Wildman–Crippen MR) is 154 cm³/mol. The van der Waals surface area contributed by atoms with E-state index in [0.29, 0.717) is 56.5 Å². The third-order valence-corrected chi connectivity index (χ3v) is 11.3. The fourth-order valence-electron chi connectivity index (χ4n) is 8.12. The molecule has 0 bridgehead atoms. The maximum atomic E-state index is 15.9. The summed E-state index contributed by atoms with van der Waals surface area (Å²) < 4.78 is 24.0. The maximum absolute atomic E-state index is 15.9. The third kappa shape index (κ3) is 4.91. The number of carbonyl (C=O) groups excluding carboxylic acids is 1. The molecule has 4 heterocycles. The molecule has 3 fully saturated rings. The quantitative estimate of drug-likeness (QED) is 0.478. The lowest BCUT2D eigenvalue weighted by atomic mass is 9.78. The summed E-state index contributed by atoms with van der Waals surface area (Å²) in [6.45, 7) is 3.77. The summed E-state index contributed by atoms with van der Waals surface area (Å²) in [5.74, 6) is -2.50. The predicted octanol–water partition coefficient (Wildman–Crippen LogP) is 4.11. The first-order valence-corrected chi connectivity index (χ1v) is 16.0. The average Bonchev–Trinajstić information content (AvgIpc) is 3.27. The van der Waals surface area contributed by atoms with Gasteiger partial charge in [-0.1, -0.05) is 23.2 Å². The molecule has 1 aromatic carbocycles. The molecule has 2 N–H and O–H groups in total. The summed E-state index contributed by atoms with van der Waals surface area (Å²) in [5, 5.41) is 30.0. The number of ether oxygens (including phenoxy) is 1. The highest BCUT2D eigenvalue weighted by Crippen LogP contribution is 2.55. The smallest absolute Gasteiger partial charge is 0.310 e. The number of fused-ring (bicyclic) bond motifs is 2. The molecule has 2 aromatic rings. The van der Waals surface area contributed by atoms with Crippen molar-refractivity contribution in [3.63, 3.8) is 0 Å². The molecule has 12 heteroatoms. The minimum absolute atomic E-state index is 0.0240. The molecule has 2 saturated carbocycles. The maximum Gasteiger partial charge on any atom is 0.310 e. The molecule has 43 heavy (non-hydrogen) atoms. The van der Waals surface area contributed by atoms with Crippen molar-refractivity contribution in [2.75, 3.05) is 19.6 Å². The molecular weight excluding hydrogens is 577 g/mol. The van der Waals surface area contributed by atoms with E-state index in [1.165, 1.54) is 6.07 Å². The first-order valence-electron chi connectivity index (χ1n) is 15.6. The van der Waals surface area contributed by atoms with Crippen LogP contribution < -0.4 is 4.74 Å². The number of aliphatic hydroxyl groups excluding tert-OH is 1. The topological polar surface area (TPSA) is 121 Å². The number of amides is 1. The number of likely N-dealkylation sites (tertiary alicyclic amines) is 1. The lowest BCUT2D eigenvalue weighted by Crippen LogP contribution is -2.51. The lowest BCUT2D eigenvalue weighted by molar-refractivity contribution is -0.158. The van der Waals surface area contributed by atoms with E-state index in [0.717, 1.165) is 49.9 Å². The zero-order valence-corrected chi connectivity index (χ0v) is 25.3. The number of hydrogen-bond acceptors (Lipinski definition) is 7. The van der Waals surface area contributed by atoms with Crippen LogP contribution in [0.5, 0.6) is 5.75 Å². The zero-order valence-electron chi connectivity index (χ0n) is 24.5. The second kappa shape index (κ2) is 10.7. The Kier molecular flexibility index (Phi) is 7.21. The number of aliphatic carboxylic acids is 1. The van der Waals surface area contributed by atoms with E-state index in [1.807, 2.05) is 9.58 Å². The van der Waals surface area contributed by atoms with Crippen LogP contribution in [0.15, 0.2) is 6.07 Å². The van der Waals surface area contributed by atoms with Crippen molar-refractivity contribution in [1.29, 1.82) is 0 Å². The molecule has 4 atom stereocenters. The Morgan fingerprint density at radius 2 is 2.00 bits per heavy atom. The van der Waals surface area contributed by atoms with E-state index in [2.05, 4.69) is 10.3 Å². The minimum Gasteiger partial charge on any atom is -0.484 e. The summed E-state index contributed by atoms with van der Waals surface area (Å²) in [5.41, 5.74) is 1.82. The molecule has 10 nitrogen and oxygen atoms in total. The van der Waals surface area contributed by atoms with Crippen LogP contribution >= 0.6 is 11.6 Å². The molecule has 3 aliphatic heterocycles. The Hall–Kier alpha value is -2.76. The van der Waals surface area contributed by atoms with Gasteiger partial charge >= 0.3 is 5.97 Å². The van der Waals surface area contributed by atoms with Gasteiger partial charge in [0, 0.05) is 36.8 Å². The number of aryl methyl sites for hydroxylation is 1. The molecule has 7 rings (SSSR count). The summed E-state index contributed by atoms with van der Waals surface area (Å²) in [6, 6.07) is 0.601. The Bertz CT molecular complexity index is 1460. The van der Waals surface area contributed by atoms with Gasteiger partial charge in [0.1, 0.15) is 18.5 Å². The molecule has 5 aliphatic rings. The molecule has 232 valence electrons. The normalized spacial score (nSPS) is 29.5. The SMILES string of the molecule is C[C@]1(C(=O)O)CCC[C@H]1C(=O)N1CCc2c(Cl)cc(F)c(OCc3nnn4c3CCCC4)c2[C@H]1CN1CC2(CC2)CC1O. The number of aromatic nitrogens is 3. The second-order valence-electron chi connectivity index (χ2n) is 13.6. The third-order valence-electron chi connectivity index (χ3n) is 10.9. The van der Waals surface area contributed by atoms with E-state index in [4.69, 9.17) is 16.3 Å². The number of rotatable bonds is 7. The number of halogens is 2. The van der Waals surface area contributed by atoms with Crippen molar-refractivity contribution in [2.45, 2.75) is 96.6 Å². The number of carboxylic acids is 1. The molecule has 1 spiro atoms. The van der Waals surface area contributed by atoms with Gasteiger partial charge in [0.05, 0.1) is 23.1 Å². The van der Waals surface area contributed by atoms with Crippen molar-refractivity contribution in [3.05, 3.63) is 39.4 Å². The van der Waals surface area contributed by atoms with Gasteiger partial charge in [-0.15, -0.1) is 5.10 Å². The lowest BCUT2D eigenvalue weighted by Gasteiger charge is -2.43. The molecular formula is C31H39ClFN5O5. The first-order chi connectivity index (χ1) is 20.6. The molecule has 2 aliphatic carbocycles. The van der Waals surface area contributed by atoms with E-state index in [1.54, 1.807) is 11.8 Å². The van der Waals surface area contributed by atoms with Crippen LogP contribution in [0, 0.1) is 22.6 Å². The molecule has 1 aromatic heterocycles. The second-order valence-corrected chi connectivity index (χ2v) is 14.0. The Labute approximate surface area is 255 Å². The Morgan fingerprint density at radius 3 is 2.74 bits per heavy atom. The van der Waals surface area contributed by atoms with Crippen molar-refractivity contribution >= 4 is 23.5 Å². The van der Waals surface area contributed by atoms with Crippen LogP contribution in [0.2, 0.25) is 5.02 Å². The standard InChI is InChI=1S/C31H39ClFN5O5/c1-30(29(41)42)8-4-5-19(30)28(40)37-12-7-18-20(32)13-21(33)27(43-16-22-23-6-2-3-11-38(23)35-34-22)26(18)24(37)15-36-17-31(9-10-31)14-25(36)39/h13,19,24-25,39H,2-12,14-17H2,1H3,(H,41,42)/t19-,24+,25?,30-/m0/s1. The number of carboxylic acid groups (broad SMARTS) is 1. The number of aliphatic hydroxyl groups is 1. The largest absolute Gasteiger partial charge is 0.484 e. The fraction of sp³-hybridized carbons (Fsp3) is 0.677. The summed E-state index contributed by atoms with van der Waals surface area (Å²) in [7, 11) is 0. The molecule has 1 saturated heterocycles. The van der Waals surface area contributed by atoms with Crippen LogP contribution in [0.25, 0.3) is 0 Å². The first kappa shape index (κ1) is 29.0. The fourth-order valence-corrected chi connectivity index (χ4v) is 8.41. The van der Waals surface area contributed by atoms with E-state index in [9.17, 15) is 19.8 Å². The zero-order chi connectivity index (χ0) is 30.1. The molecule has 1 amide bonds. The average molecular weight is 616 g/mol. The summed E-state index contributed by atoms with van der Waals surface area (Å²) >= 11 is 6.66. The van der Waals surface area contributed by atoms with Crippen molar-refractivity contribution in [1.82, 2.24) is 24.8 Å². The Balaban J connectivity index is 1.27. The van der Waals surface area contributed by atoms with Gasteiger partial charge in [-0.3, -0.25) is 14.5 Å². The highest BCUT2D eigenvalue weighted by molar-refractivity contribution is 6.31.